The molecule has 2 rings (SSSR count). The van der Waals surface area contributed by atoms with Crippen LogP contribution in [-0.2, 0) is 11.2 Å². The van der Waals surface area contributed by atoms with Crippen molar-refractivity contribution in [2.24, 2.45) is 0 Å². The molecule has 0 radical (unpaired) electrons. The fourth-order valence-corrected chi connectivity index (χ4v) is 2.60. The molecule has 0 aliphatic rings. The fraction of sp³-hybridized carbons (Fsp3) is 0.333. The molecule has 0 unspecified atom stereocenters. The predicted molar refractivity (Wildman–Crippen MR) is 106 cm³/mol. The van der Waals surface area contributed by atoms with Crippen molar-refractivity contribution in [2.45, 2.75) is 32.8 Å². The lowest BCUT2D eigenvalue weighted by atomic mass is 10.1. The maximum atomic E-state index is 12.4. The second-order valence-electron chi connectivity index (χ2n) is 6.45. The Morgan fingerprint density at radius 2 is 1.68 bits per heavy atom. The molecule has 0 saturated carbocycles. The smallest absolute Gasteiger partial charge is 0.335 e. The number of hydrogen-bond donors (Lipinski definition) is 2. The van der Waals surface area contributed by atoms with Crippen LogP contribution in [0.5, 0.6) is 17.2 Å². The summed E-state index contributed by atoms with van der Waals surface area (Å²) in [6, 6.07) is 9.83. The summed E-state index contributed by atoms with van der Waals surface area (Å²) in [4.78, 5) is 23.7. The minimum atomic E-state index is -1.07. The van der Waals surface area contributed by atoms with Gasteiger partial charge in [-0.2, -0.15) is 0 Å². The third-order valence-electron chi connectivity index (χ3n) is 3.92. The fourth-order valence-electron chi connectivity index (χ4n) is 2.60. The normalized spacial score (nSPS) is 10.5. The summed E-state index contributed by atoms with van der Waals surface area (Å²) in [6.45, 7) is 3.71. The van der Waals surface area contributed by atoms with E-state index in [1.165, 1.54) is 12.1 Å². The summed E-state index contributed by atoms with van der Waals surface area (Å²) in [6.07, 6.45) is 0.559. The highest BCUT2D eigenvalue weighted by atomic mass is 16.5. The maximum Gasteiger partial charge on any atom is 0.335 e. The van der Waals surface area contributed by atoms with Gasteiger partial charge in [-0.3, -0.25) is 4.79 Å². The molecule has 0 aliphatic heterocycles. The van der Waals surface area contributed by atoms with Crippen molar-refractivity contribution in [3.8, 4) is 17.2 Å². The van der Waals surface area contributed by atoms with Crippen molar-refractivity contribution in [3.05, 3.63) is 47.5 Å². The Labute approximate surface area is 164 Å². The number of aryl methyl sites for hydroxylation is 1. The number of carboxylic acid groups (broad SMARTS) is 1. The van der Waals surface area contributed by atoms with Crippen molar-refractivity contribution in [1.29, 1.82) is 0 Å². The van der Waals surface area contributed by atoms with E-state index in [2.05, 4.69) is 5.32 Å². The zero-order valence-electron chi connectivity index (χ0n) is 16.4. The number of rotatable bonds is 9. The minimum Gasteiger partial charge on any atom is -0.497 e. The van der Waals surface area contributed by atoms with Crippen LogP contribution in [-0.4, -0.2) is 37.3 Å². The molecule has 0 aromatic heterocycles. The van der Waals surface area contributed by atoms with E-state index in [1.54, 1.807) is 26.4 Å². The van der Waals surface area contributed by atoms with Crippen molar-refractivity contribution in [1.82, 2.24) is 0 Å². The average Bonchev–Trinajstić information content (AvgIpc) is 2.66. The van der Waals surface area contributed by atoms with Gasteiger partial charge in [-0.15, -0.1) is 0 Å². The molecule has 7 heteroatoms. The lowest BCUT2D eigenvalue weighted by Gasteiger charge is -2.16. The predicted octanol–water partition coefficient (Wildman–Crippen LogP) is 3.76. The molecule has 0 saturated heterocycles. The third kappa shape index (κ3) is 5.90. The molecule has 28 heavy (non-hydrogen) atoms. The number of ether oxygens (including phenoxy) is 3. The molecule has 0 aliphatic carbocycles. The van der Waals surface area contributed by atoms with E-state index in [0.29, 0.717) is 29.4 Å². The summed E-state index contributed by atoms with van der Waals surface area (Å²) in [5.41, 5.74) is 1.30. The minimum absolute atomic E-state index is 0.0731. The largest absolute Gasteiger partial charge is 0.497 e. The second kappa shape index (κ2) is 9.64. The Morgan fingerprint density at radius 1 is 1.04 bits per heavy atom. The number of benzene rings is 2. The van der Waals surface area contributed by atoms with E-state index in [4.69, 9.17) is 14.2 Å². The summed E-state index contributed by atoms with van der Waals surface area (Å²) in [5.74, 6) is 0.400. The van der Waals surface area contributed by atoms with E-state index in [-0.39, 0.29) is 24.0 Å². The van der Waals surface area contributed by atoms with Gasteiger partial charge in [-0.1, -0.05) is 0 Å². The third-order valence-corrected chi connectivity index (χ3v) is 3.92. The van der Waals surface area contributed by atoms with Gasteiger partial charge in [0.15, 0.2) is 0 Å². The van der Waals surface area contributed by atoms with Crippen LogP contribution in [0.15, 0.2) is 36.4 Å². The summed E-state index contributed by atoms with van der Waals surface area (Å²) >= 11 is 0. The number of nitrogens with one attached hydrogen (secondary N) is 1. The molecular formula is C21H25NO6. The van der Waals surface area contributed by atoms with Crippen LogP contribution in [0.3, 0.4) is 0 Å². The topological polar surface area (TPSA) is 94.1 Å². The van der Waals surface area contributed by atoms with Gasteiger partial charge in [0.05, 0.1) is 31.6 Å². The average molecular weight is 387 g/mol. The number of aromatic carboxylic acids is 1. The molecule has 1 amide bonds. The molecular weight excluding hydrogens is 362 g/mol. The van der Waals surface area contributed by atoms with Crippen LogP contribution in [0, 0.1) is 0 Å². The van der Waals surface area contributed by atoms with Gasteiger partial charge in [0.25, 0.3) is 0 Å². The van der Waals surface area contributed by atoms with Crippen molar-refractivity contribution < 1.29 is 28.9 Å². The quantitative estimate of drug-likeness (QED) is 0.680. The number of anilines is 1. The van der Waals surface area contributed by atoms with Gasteiger partial charge >= 0.3 is 5.97 Å². The second-order valence-corrected chi connectivity index (χ2v) is 6.45. The number of carboxylic acids is 1. The van der Waals surface area contributed by atoms with Gasteiger partial charge in [-0.05, 0) is 56.2 Å². The SMILES string of the molecule is COc1cc(CCC(=O)Nc2cc(C(=O)O)ccc2OC(C)C)cc(OC)c1. The Hall–Kier alpha value is -3.22. The molecule has 2 N–H and O–H groups in total. The molecule has 150 valence electrons. The van der Waals surface area contributed by atoms with Crippen LogP contribution in [0.25, 0.3) is 0 Å². The van der Waals surface area contributed by atoms with Gasteiger partial charge < -0.3 is 24.6 Å². The number of amides is 1. The van der Waals surface area contributed by atoms with Gasteiger partial charge in [0.1, 0.15) is 17.2 Å². The highest BCUT2D eigenvalue weighted by Gasteiger charge is 2.14. The monoisotopic (exact) mass is 387 g/mol. The molecule has 0 heterocycles. The van der Waals surface area contributed by atoms with Gasteiger partial charge in [-0.25, -0.2) is 4.79 Å². The first-order valence-electron chi connectivity index (χ1n) is 8.88. The Balaban J connectivity index is 2.12. The molecule has 0 bridgehead atoms. The van der Waals surface area contributed by atoms with Crippen molar-refractivity contribution >= 4 is 17.6 Å². The standard InChI is InChI=1S/C21H25NO6/c1-13(2)28-19-7-6-15(21(24)25)11-18(19)22-20(23)8-5-14-9-16(26-3)12-17(10-14)27-4/h6-7,9-13H,5,8H2,1-4H3,(H,22,23)(H,24,25). The molecule has 0 atom stereocenters. The number of carbonyl (C=O) groups excluding carboxylic acids is 1. The summed E-state index contributed by atoms with van der Waals surface area (Å²) in [5, 5.41) is 11.9. The lowest BCUT2D eigenvalue weighted by Crippen LogP contribution is -2.15. The van der Waals surface area contributed by atoms with E-state index in [0.717, 1.165) is 5.56 Å². The summed E-state index contributed by atoms with van der Waals surface area (Å²) < 4.78 is 16.1. The van der Waals surface area contributed by atoms with Crippen molar-refractivity contribution in [3.63, 3.8) is 0 Å². The summed E-state index contributed by atoms with van der Waals surface area (Å²) in [7, 11) is 3.13. The zero-order chi connectivity index (χ0) is 20.7. The van der Waals surface area contributed by atoms with Crippen LogP contribution < -0.4 is 19.5 Å². The zero-order valence-corrected chi connectivity index (χ0v) is 16.4. The van der Waals surface area contributed by atoms with E-state index in [9.17, 15) is 14.7 Å². The lowest BCUT2D eigenvalue weighted by molar-refractivity contribution is -0.116. The molecule has 0 fully saturated rings. The molecule has 7 nitrogen and oxygen atoms in total. The van der Waals surface area contributed by atoms with Crippen LogP contribution >= 0.6 is 0 Å². The van der Waals surface area contributed by atoms with Gasteiger partial charge in [0.2, 0.25) is 5.91 Å². The van der Waals surface area contributed by atoms with Gasteiger partial charge in [0, 0.05) is 12.5 Å². The maximum absolute atomic E-state index is 12.4. The first-order valence-corrected chi connectivity index (χ1v) is 8.88. The Kier molecular flexibility index (Phi) is 7.26. The van der Waals surface area contributed by atoms with E-state index in [1.807, 2.05) is 26.0 Å². The highest BCUT2D eigenvalue weighted by Crippen LogP contribution is 2.28. The van der Waals surface area contributed by atoms with Crippen LogP contribution in [0.1, 0.15) is 36.2 Å². The van der Waals surface area contributed by atoms with Crippen molar-refractivity contribution in [2.75, 3.05) is 19.5 Å². The first-order chi connectivity index (χ1) is 13.3. The number of carbonyl (C=O) groups is 2. The van der Waals surface area contributed by atoms with E-state index < -0.39 is 5.97 Å². The molecule has 2 aromatic carbocycles. The first kappa shape index (κ1) is 21.1. The van der Waals surface area contributed by atoms with Crippen LogP contribution in [0.4, 0.5) is 5.69 Å². The highest BCUT2D eigenvalue weighted by molar-refractivity contribution is 5.95. The Bertz CT molecular complexity index is 825. The molecule has 0 spiro atoms. The molecule has 2 aromatic rings. The van der Waals surface area contributed by atoms with E-state index >= 15 is 0 Å². The number of hydrogen-bond acceptors (Lipinski definition) is 5. The Morgan fingerprint density at radius 3 is 2.21 bits per heavy atom. The number of methoxy groups -OCH3 is 2. The van der Waals surface area contributed by atoms with Crippen LogP contribution in [0.2, 0.25) is 0 Å².